The fraction of sp³-hybridized carbons (Fsp3) is 0.391. The highest BCUT2D eigenvalue weighted by Crippen LogP contribution is 2.43. The van der Waals surface area contributed by atoms with E-state index in [0.29, 0.717) is 10.0 Å². The van der Waals surface area contributed by atoms with E-state index in [4.69, 9.17) is 23.2 Å². The number of aliphatic hydroxyl groups is 1. The zero-order chi connectivity index (χ0) is 19.4. The highest BCUT2D eigenvalue weighted by molar-refractivity contribution is 6.34. The predicted molar refractivity (Wildman–Crippen MR) is 116 cm³/mol. The van der Waals surface area contributed by atoms with Gasteiger partial charge in [0.15, 0.2) is 0 Å². The average molecular weight is 404 g/mol. The van der Waals surface area contributed by atoms with E-state index in [2.05, 4.69) is 23.1 Å². The first-order chi connectivity index (χ1) is 12.9. The van der Waals surface area contributed by atoms with E-state index in [1.165, 1.54) is 0 Å². The number of rotatable bonds is 4. The Hall–Kier alpha value is -1.32. The molecule has 0 heterocycles. The van der Waals surface area contributed by atoms with Crippen LogP contribution in [0.15, 0.2) is 54.1 Å². The molecular weight excluding hydrogens is 377 g/mol. The van der Waals surface area contributed by atoms with Gasteiger partial charge in [-0.15, -0.1) is 0 Å². The molecule has 4 heteroatoms. The van der Waals surface area contributed by atoms with Crippen molar-refractivity contribution in [3.63, 3.8) is 0 Å². The summed E-state index contributed by atoms with van der Waals surface area (Å²) in [7, 11) is 4.10. The van der Waals surface area contributed by atoms with E-state index in [1.54, 1.807) is 6.07 Å². The summed E-state index contributed by atoms with van der Waals surface area (Å²) in [5, 5.41) is 12.8. The Labute approximate surface area is 172 Å². The third-order valence-electron chi connectivity index (χ3n) is 5.40. The summed E-state index contributed by atoms with van der Waals surface area (Å²) in [6, 6.07) is 15.9. The van der Waals surface area contributed by atoms with Gasteiger partial charge in [0.2, 0.25) is 0 Å². The molecule has 3 rings (SSSR count). The summed E-state index contributed by atoms with van der Waals surface area (Å²) in [6.07, 6.45) is 5.49. The molecule has 0 aromatic heterocycles. The summed E-state index contributed by atoms with van der Waals surface area (Å²) in [5.41, 5.74) is 2.78. The van der Waals surface area contributed by atoms with Crippen LogP contribution in [0.1, 0.15) is 36.8 Å². The first-order valence-electron chi connectivity index (χ1n) is 9.45. The van der Waals surface area contributed by atoms with Crippen LogP contribution in [0.4, 0.5) is 0 Å². The van der Waals surface area contributed by atoms with Crippen molar-refractivity contribution in [3.05, 3.63) is 75.3 Å². The van der Waals surface area contributed by atoms with Crippen LogP contribution in [0, 0.1) is 0 Å². The fourth-order valence-corrected chi connectivity index (χ4v) is 4.80. The Balaban J connectivity index is 2.11. The quantitative estimate of drug-likeness (QED) is 0.650. The molecule has 1 fully saturated rings. The molecule has 2 unspecified atom stereocenters. The summed E-state index contributed by atoms with van der Waals surface area (Å²) < 4.78 is 0. The van der Waals surface area contributed by atoms with Crippen LogP contribution in [0.3, 0.4) is 0 Å². The standard InChI is InChI=1S/C23H27Cl2NO/c1-26(2)16-23(19-13-20(24)15-21(25)14-19)11-7-6-10-18(22(23)27)12-17-8-4-3-5-9-17/h3-5,8-9,12-15,22,27H,6-7,10-11,16H2,1-2H3. The third-order valence-corrected chi connectivity index (χ3v) is 5.84. The largest absolute Gasteiger partial charge is 0.388 e. The Morgan fingerprint density at radius 2 is 1.74 bits per heavy atom. The van der Waals surface area contributed by atoms with Gasteiger partial charge in [-0.1, -0.05) is 66.0 Å². The summed E-state index contributed by atoms with van der Waals surface area (Å²) in [6.45, 7) is 0.733. The normalized spacial score (nSPS) is 25.0. The van der Waals surface area contributed by atoms with Crippen LogP contribution >= 0.6 is 23.2 Å². The fourth-order valence-electron chi connectivity index (χ4n) is 4.28. The van der Waals surface area contributed by atoms with Crippen molar-refractivity contribution in [1.82, 2.24) is 4.90 Å². The molecule has 2 nitrogen and oxygen atoms in total. The number of benzene rings is 2. The van der Waals surface area contributed by atoms with Crippen LogP contribution in [-0.2, 0) is 5.41 Å². The van der Waals surface area contributed by atoms with E-state index in [-0.39, 0.29) is 0 Å². The minimum absolute atomic E-state index is 0.435. The maximum Gasteiger partial charge on any atom is 0.0862 e. The molecular formula is C23H27Cl2NO. The molecule has 144 valence electrons. The topological polar surface area (TPSA) is 23.5 Å². The molecule has 0 amide bonds. The molecule has 0 bridgehead atoms. The van der Waals surface area contributed by atoms with Crippen LogP contribution < -0.4 is 0 Å². The monoisotopic (exact) mass is 403 g/mol. The first-order valence-corrected chi connectivity index (χ1v) is 10.2. The number of aliphatic hydroxyl groups excluding tert-OH is 1. The second kappa shape index (κ2) is 8.79. The molecule has 27 heavy (non-hydrogen) atoms. The van der Waals surface area contributed by atoms with E-state index < -0.39 is 11.5 Å². The molecule has 1 aliphatic carbocycles. The van der Waals surface area contributed by atoms with Crippen LogP contribution in [-0.4, -0.2) is 36.8 Å². The Kier molecular flexibility index (Phi) is 6.65. The second-order valence-corrected chi connectivity index (χ2v) is 8.66. The van der Waals surface area contributed by atoms with Crippen LogP contribution in [0.5, 0.6) is 0 Å². The van der Waals surface area contributed by atoms with Crippen molar-refractivity contribution < 1.29 is 5.11 Å². The highest BCUT2D eigenvalue weighted by Gasteiger charge is 2.43. The summed E-state index contributed by atoms with van der Waals surface area (Å²) >= 11 is 12.7. The van der Waals surface area contributed by atoms with Gasteiger partial charge in [0.25, 0.3) is 0 Å². The minimum atomic E-state index is -0.586. The van der Waals surface area contributed by atoms with Gasteiger partial charge in [-0.2, -0.15) is 0 Å². The minimum Gasteiger partial charge on any atom is -0.388 e. The second-order valence-electron chi connectivity index (χ2n) is 7.79. The van der Waals surface area contributed by atoms with E-state index in [9.17, 15) is 5.11 Å². The number of nitrogens with zero attached hydrogens (tertiary/aromatic N) is 1. The molecule has 0 spiro atoms. The van der Waals surface area contributed by atoms with E-state index in [1.807, 2.05) is 44.4 Å². The highest BCUT2D eigenvalue weighted by atomic mass is 35.5. The lowest BCUT2D eigenvalue weighted by Crippen LogP contribution is -2.47. The predicted octanol–water partition coefficient (Wildman–Crippen LogP) is 5.81. The van der Waals surface area contributed by atoms with Gasteiger partial charge in [-0.05, 0) is 68.3 Å². The van der Waals surface area contributed by atoms with Gasteiger partial charge in [-0.25, -0.2) is 0 Å². The van der Waals surface area contributed by atoms with Crippen molar-refractivity contribution in [2.45, 2.75) is 37.2 Å². The average Bonchev–Trinajstić information content (AvgIpc) is 2.76. The SMILES string of the molecule is CN(C)CC1(c2cc(Cl)cc(Cl)c2)CCCCC(=Cc2ccccc2)C1O. The maximum absolute atomic E-state index is 11.6. The lowest BCUT2D eigenvalue weighted by Gasteiger charge is -2.41. The van der Waals surface area contributed by atoms with Crippen molar-refractivity contribution in [3.8, 4) is 0 Å². The zero-order valence-corrected chi connectivity index (χ0v) is 17.5. The first kappa shape index (κ1) is 20.4. The van der Waals surface area contributed by atoms with Crippen LogP contribution in [0.25, 0.3) is 6.08 Å². The molecule has 1 N–H and O–H groups in total. The molecule has 2 aromatic carbocycles. The smallest absolute Gasteiger partial charge is 0.0862 e. The lowest BCUT2D eigenvalue weighted by molar-refractivity contribution is 0.0859. The molecule has 0 saturated heterocycles. The Bertz CT molecular complexity index is 783. The number of halogens is 2. The number of hydrogen-bond acceptors (Lipinski definition) is 2. The van der Waals surface area contributed by atoms with Crippen molar-refractivity contribution in [1.29, 1.82) is 0 Å². The summed E-state index contributed by atoms with van der Waals surface area (Å²) in [5.74, 6) is 0. The Morgan fingerprint density at radius 3 is 2.37 bits per heavy atom. The third kappa shape index (κ3) is 4.75. The molecule has 1 aliphatic rings. The van der Waals surface area contributed by atoms with Crippen molar-refractivity contribution in [2.24, 2.45) is 0 Å². The van der Waals surface area contributed by atoms with Gasteiger partial charge >= 0.3 is 0 Å². The molecule has 0 aliphatic heterocycles. The summed E-state index contributed by atoms with van der Waals surface area (Å²) in [4.78, 5) is 2.14. The van der Waals surface area contributed by atoms with Gasteiger partial charge in [0.05, 0.1) is 6.10 Å². The van der Waals surface area contributed by atoms with Crippen molar-refractivity contribution in [2.75, 3.05) is 20.6 Å². The Morgan fingerprint density at radius 1 is 1.07 bits per heavy atom. The van der Waals surface area contributed by atoms with Gasteiger partial charge in [-0.3, -0.25) is 0 Å². The lowest BCUT2D eigenvalue weighted by atomic mass is 9.70. The zero-order valence-electron chi connectivity index (χ0n) is 16.0. The van der Waals surface area contributed by atoms with Crippen LogP contribution in [0.2, 0.25) is 10.0 Å². The van der Waals surface area contributed by atoms with Gasteiger partial charge in [0, 0.05) is 22.0 Å². The van der Waals surface area contributed by atoms with Gasteiger partial charge < -0.3 is 10.0 Å². The number of hydrogen-bond donors (Lipinski definition) is 1. The number of likely N-dealkylation sites (N-methyl/N-ethyl adjacent to an activating group) is 1. The van der Waals surface area contributed by atoms with Crippen molar-refractivity contribution >= 4 is 29.3 Å². The van der Waals surface area contributed by atoms with E-state index >= 15 is 0 Å². The molecule has 2 atom stereocenters. The molecule has 2 aromatic rings. The molecule has 0 radical (unpaired) electrons. The van der Waals surface area contributed by atoms with Gasteiger partial charge in [0.1, 0.15) is 0 Å². The maximum atomic E-state index is 11.6. The van der Waals surface area contributed by atoms with E-state index in [0.717, 1.165) is 48.9 Å². The molecule has 1 saturated carbocycles.